The number of rotatable bonds is 2. The number of fused-ring (bicyclic) bond motifs is 1. The van der Waals surface area contributed by atoms with E-state index in [-0.39, 0.29) is 24.1 Å². The number of anilines is 1. The molecular weight excluding hydrogens is 418 g/mol. The van der Waals surface area contributed by atoms with Crippen molar-refractivity contribution in [2.24, 2.45) is 9.98 Å². The second-order valence-corrected chi connectivity index (χ2v) is 6.01. The lowest BCUT2D eigenvalue weighted by Gasteiger charge is -2.19. The quantitative estimate of drug-likeness (QED) is 0.714. The SMILES string of the molecule is O=C(NC1CN=CN=CNc2nccnc21)c1cc(C(F)(F)F)cc(C(F)(F)F)c1. The zero-order valence-corrected chi connectivity index (χ0v) is 14.8. The van der Waals surface area contributed by atoms with Crippen LogP contribution in [0.2, 0.25) is 0 Å². The van der Waals surface area contributed by atoms with Crippen LogP contribution in [0.3, 0.4) is 0 Å². The maximum absolute atomic E-state index is 13.0. The van der Waals surface area contributed by atoms with Gasteiger partial charge in [0, 0.05) is 18.0 Å². The Morgan fingerprint density at radius 2 is 1.63 bits per heavy atom. The number of alkyl halides is 6. The van der Waals surface area contributed by atoms with E-state index in [1.54, 1.807) is 0 Å². The number of benzene rings is 1. The first-order valence-corrected chi connectivity index (χ1v) is 8.23. The van der Waals surface area contributed by atoms with Crippen molar-refractivity contribution in [1.29, 1.82) is 0 Å². The maximum atomic E-state index is 13.0. The molecule has 1 aliphatic rings. The van der Waals surface area contributed by atoms with E-state index in [4.69, 9.17) is 0 Å². The van der Waals surface area contributed by atoms with Crippen LogP contribution in [-0.2, 0) is 12.4 Å². The Labute approximate surface area is 165 Å². The Morgan fingerprint density at radius 1 is 1.00 bits per heavy atom. The van der Waals surface area contributed by atoms with Gasteiger partial charge in [-0.25, -0.2) is 9.98 Å². The zero-order valence-electron chi connectivity index (χ0n) is 14.8. The van der Waals surface area contributed by atoms with Crippen molar-refractivity contribution >= 4 is 24.4 Å². The number of carbonyl (C=O) groups excluding carboxylic acids is 1. The van der Waals surface area contributed by atoms with Crippen LogP contribution in [0.25, 0.3) is 0 Å². The summed E-state index contributed by atoms with van der Waals surface area (Å²) in [5, 5.41) is 5.06. The zero-order chi connectivity index (χ0) is 21.9. The smallest absolute Gasteiger partial charge is 0.342 e. The Kier molecular flexibility index (Phi) is 5.71. The van der Waals surface area contributed by atoms with Crippen LogP contribution in [0.15, 0.2) is 40.6 Å². The number of amides is 1. The van der Waals surface area contributed by atoms with E-state index in [9.17, 15) is 31.1 Å². The fourth-order valence-electron chi connectivity index (χ4n) is 2.57. The molecule has 13 heteroatoms. The molecule has 1 aromatic carbocycles. The van der Waals surface area contributed by atoms with Gasteiger partial charge in [0.05, 0.1) is 30.1 Å². The molecule has 2 N–H and O–H groups in total. The molecule has 158 valence electrons. The summed E-state index contributed by atoms with van der Waals surface area (Å²) in [5.74, 6) is -0.972. The molecule has 0 bridgehead atoms. The van der Waals surface area contributed by atoms with Crippen LogP contribution in [0.4, 0.5) is 32.2 Å². The van der Waals surface area contributed by atoms with E-state index >= 15 is 0 Å². The summed E-state index contributed by atoms with van der Waals surface area (Å²) >= 11 is 0. The topological polar surface area (TPSA) is 91.6 Å². The summed E-state index contributed by atoms with van der Waals surface area (Å²) in [7, 11) is 0. The molecule has 0 fully saturated rings. The number of carbonyl (C=O) groups is 1. The third-order valence-electron chi connectivity index (χ3n) is 3.92. The van der Waals surface area contributed by atoms with Gasteiger partial charge < -0.3 is 10.6 Å². The lowest BCUT2D eigenvalue weighted by molar-refractivity contribution is -0.143. The molecule has 0 saturated carbocycles. The maximum Gasteiger partial charge on any atom is 0.416 e. The Morgan fingerprint density at radius 3 is 2.27 bits per heavy atom. The van der Waals surface area contributed by atoms with Crippen molar-refractivity contribution in [3.63, 3.8) is 0 Å². The number of nitrogens with zero attached hydrogens (tertiary/aromatic N) is 4. The van der Waals surface area contributed by atoms with E-state index in [1.807, 2.05) is 0 Å². The molecule has 2 heterocycles. The van der Waals surface area contributed by atoms with Crippen LogP contribution in [-0.4, -0.2) is 35.1 Å². The Hall–Kier alpha value is -3.51. The van der Waals surface area contributed by atoms with Crippen molar-refractivity contribution in [3.05, 3.63) is 53.0 Å². The monoisotopic (exact) mass is 430 g/mol. The average Bonchev–Trinajstić information content (AvgIpc) is 2.77. The molecule has 1 aromatic heterocycles. The van der Waals surface area contributed by atoms with Crippen LogP contribution in [0.5, 0.6) is 0 Å². The van der Waals surface area contributed by atoms with Gasteiger partial charge in [0.2, 0.25) is 0 Å². The molecule has 2 aromatic rings. The number of hydrogen-bond acceptors (Lipinski definition) is 6. The summed E-state index contributed by atoms with van der Waals surface area (Å²) in [5.41, 5.74) is -3.81. The highest BCUT2D eigenvalue weighted by molar-refractivity contribution is 5.95. The lowest BCUT2D eigenvalue weighted by Crippen LogP contribution is -2.32. The van der Waals surface area contributed by atoms with Gasteiger partial charge in [0.25, 0.3) is 5.91 Å². The molecule has 0 saturated heterocycles. The second-order valence-electron chi connectivity index (χ2n) is 6.01. The van der Waals surface area contributed by atoms with Gasteiger partial charge in [-0.15, -0.1) is 0 Å². The molecule has 30 heavy (non-hydrogen) atoms. The summed E-state index contributed by atoms with van der Waals surface area (Å²) in [4.78, 5) is 28.4. The predicted molar refractivity (Wildman–Crippen MR) is 94.2 cm³/mol. The van der Waals surface area contributed by atoms with Gasteiger partial charge in [-0.3, -0.25) is 14.8 Å². The van der Waals surface area contributed by atoms with Gasteiger partial charge in [0.15, 0.2) is 5.82 Å². The summed E-state index contributed by atoms with van der Waals surface area (Å²) < 4.78 is 78.2. The molecule has 0 radical (unpaired) electrons. The highest BCUT2D eigenvalue weighted by atomic mass is 19.4. The van der Waals surface area contributed by atoms with Gasteiger partial charge in [-0.2, -0.15) is 26.3 Å². The number of halogens is 6. The van der Waals surface area contributed by atoms with Crippen LogP contribution < -0.4 is 10.6 Å². The summed E-state index contributed by atoms with van der Waals surface area (Å²) in [6.45, 7) is -0.123. The van der Waals surface area contributed by atoms with Crippen LogP contribution in [0, 0.1) is 0 Å². The van der Waals surface area contributed by atoms with E-state index in [1.165, 1.54) is 18.7 Å². The lowest BCUT2D eigenvalue weighted by atomic mass is 10.0. The minimum absolute atomic E-state index is 0.0525. The largest absolute Gasteiger partial charge is 0.416 e. The first kappa shape index (κ1) is 21.2. The summed E-state index contributed by atoms with van der Waals surface area (Å²) in [6.07, 6.45) is -5.08. The minimum atomic E-state index is -5.07. The predicted octanol–water partition coefficient (Wildman–Crippen LogP) is 3.47. The third kappa shape index (κ3) is 4.90. The number of hydrogen-bond donors (Lipinski definition) is 2. The molecule has 1 amide bonds. The van der Waals surface area contributed by atoms with Gasteiger partial charge in [-0.05, 0) is 18.2 Å². The highest BCUT2D eigenvalue weighted by Gasteiger charge is 2.37. The van der Waals surface area contributed by atoms with E-state index in [0.717, 1.165) is 6.34 Å². The van der Waals surface area contributed by atoms with Gasteiger partial charge >= 0.3 is 12.4 Å². The summed E-state index contributed by atoms with van der Waals surface area (Å²) in [6, 6.07) is -0.344. The fourth-order valence-corrected chi connectivity index (χ4v) is 2.57. The van der Waals surface area contributed by atoms with Crippen LogP contribution in [0.1, 0.15) is 33.2 Å². The third-order valence-corrected chi connectivity index (χ3v) is 3.92. The van der Waals surface area contributed by atoms with Crippen molar-refractivity contribution in [2.45, 2.75) is 18.4 Å². The molecule has 1 aliphatic heterocycles. The van der Waals surface area contributed by atoms with Crippen molar-refractivity contribution in [1.82, 2.24) is 15.3 Å². The molecule has 0 spiro atoms. The van der Waals surface area contributed by atoms with Crippen molar-refractivity contribution in [3.8, 4) is 0 Å². The molecular formula is C17H12F6N6O. The normalized spacial score (nSPS) is 16.7. The number of aromatic nitrogens is 2. The number of nitrogens with one attached hydrogen (secondary N) is 2. The standard InChI is InChI=1S/C17H12F6N6O/c18-16(19,20)10-3-9(4-11(5-10)17(21,22)23)15(30)29-12-6-24-7-25-8-28-14-13(12)26-1-2-27-14/h1-5,7-8,12H,6H2,(H,29,30)(H,24,25,27,28). The average molecular weight is 430 g/mol. The molecule has 3 rings (SSSR count). The fraction of sp³-hybridized carbons (Fsp3) is 0.235. The minimum Gasteiger partial charge on any atom is -0.342 e. The Bertz CT molecular complexity index is 969. The first-order chi connectivity index (χ1) is 14.1. The molecule has 1 atom stereocenters. The van der Waals surface area contributed by atoms with Crippen molar-refractivity contribution < 1.29 is 31.1 Å². The van der Waals surface area contributed by atoms with Gasteiger partial charge in [-0.1, -0.05) is 0 Å². The van der Waals surface area contributed by atoms with Crippen LogP contribution >= 0.6 is 0 Å². The molecule has 0 aliphatic carbocycles. The molecule has 7 nitrogen and oxygen atoms in total. The van der Waals surface area contributed by atoms with E-state index in [0.29, 0.717) is 12.1 Å². The van der Waals surface area contributed by atoms with E-state index in [2.05, 4.69) is 30.6 Å². The number of aliphatic imine (C=N–C) groups is 2. The van der Waals surface area contributed by atoms with E-state index < -0.39 is 41.0 Å². The highest BCUT2D eigenvalue weighted by Crippen LogP contribution is 2.36. The van der Waals surface area contributed by atoms with Gasteiger partial charge in [0.1, 0.15) is 12.0 Å². The second kappa shape index (κ2) is 8.08. The molecule has 1 unspecified atom stereocenters. The van der Waals surface area contributed by atoms with Crippen molar-refractivity contribution in [2.75, 3.05) is 11.9 Å². The Balaban J connectivity index is 1.97. The first-order valence-electron chi connectivity index (χ1n) is 8.23.